The Balaban J connectivity index is 1.40. The number of carbonyl (C=O) groups is 2. The van der Waals surface area contributed by atoms with Crippen LogP contribution in [0.25, 0.3) is 0 Å². The Hall–Kier alpha value is -3.89. The van der Waals surface area contributed by atoms with Gasteiger partial charge < -0.3 is 19.7 Å². The lowest BCUT2D eigenvalue weighted by Crippen LogP contribution is -2.52. The van der Waals surface area contributed by atoms with Gasteiger partial charge in [-0.15, -0.1) is 0 Å². The second kappa shape index (κ2) is 12.8. The first-order valence-corrected chi connectivity index (χ1v) is 14.4. The lowest BCUT2D eigenvalue weighted by Gasteiger charge is -2.34. The Morgan fingerprint density at radius 1 is 1.03 bits per heavy atom. The predicted molar refractivity (Wildman–Crippen MR) is 149 cm³/mol. The van der Waals surface area contributed by atoms with Gasteiger partial charge in [-0.2, -0.15) is 0 Å². The highest BCUT2D eigenvalue weighted by Gasteiger charge is 2.33. The smallest absolute Gasteiger partial charge is 0.265 e. The third-order valence-corrected chi connectivity index (χ3v) is 7.73. The van der Waals surface area contributed by atoms with Crippen LogP contribution in [0.15, 0.2) is 77.7 Å². The summed E-state index contributed by atoms with van der Waals surface area (Å²) >= 11 is 0. The average Bonchev–Trinajstić information content (AvgIpc) is 2.95. The quantitative estimate of drug-likeness (QED) is 0.378. The molecule has 9 nitrogen and oxygen atoms in total. The van der Waals surface area contributed by atoms with Crippen molar-refractivity contribution < 1.29 is 27.5 Å². The van der Waals surface area contributed by atoms with Gasteiger partial charge in [0.05, 0.1) is 17.1 Å². The Labute approximate surface area is 229 Å². The molecule has 0 aromatic heterocycles. The molecule has 4 rings (SSSR count). The summed E-state index contributed by atoms with van der Waals surface area (Å²) in [5.41, 5.74) is 2.25. The molecule has 3 aromatic carbocycles. The zero-order valence-corrected chi connectivity index (χ0v) is 22.9. The third kappa shape index (κ3) is 7.15. The van der Waals surface area contributed by atoms with Crippen LogP contribution in [-0.2, 0) is 26.0 Å². The maximum atomic E-state index is 13.3. The van der Waals surface area contributed by atoms with Gasteiger partial charge in [0.15, 0.2) is 12.7 Å². The highest BCUT2D eigenvalue weighted by atomic mass is 32.2. The molecule has 1 heterocycles. The van der Waals surface area contributed by atoms with E-state index in [0.29, 0.717) is 48.7 Å². The zero-order valence-electron chi connectivity index (χ0n) is 22.1. The fraction of sp³-hybridized carbons (Fsp3) is 0.310. The van der Waals surface area contributed by atoms with Gasteiger partial charge in [-0.25, -0.2) is 13.1 Å². The van der Waals surface area contributed by atoms with Crippen LogP contribution in [0.3, 0.4) is 0 Å². The number of hydrogen-bond donors (Lipinski definition) is 2. The van der Waals surface area contributed by atoms with Crippen molar-refractivity contribution in [2.24, 2.45) is 0 Å². The Kier molecular flexibility index (Phi) is 9.21. The van der Waals surface area contributed by atoms with E-state index in [0.717, 1.165) is 5.56 Å². The van der Waals surface area contributed by atoms with Gasteiger partial charge in [-0.1, -0.05) is 49.4 Å². The van der Waals surface area contributed by atoms with E-state index in [1.54, 1.807) is 37.3 Å². The molecule has 10 heteroatoms. The molecule has 1 aliphatic rings. The summed E-state index contributed by atoms with van der Waals surface area (Å²) in [5, 5.41) is 2.90. The monoisotopic (exact) mass is 551 g/mol. The minimum atomic E-state index is -3.61. The van der Waals surface area contributed by atoms with Crippen molar-refractivity contribution in [3.05, 3.63) is 83.9 Å². The lowest BCUT2D eigenvalue weighted by atomic mass is 10.1. The van der Waals surface area contributed by atoms with Crippen molar-refractivity contribution in [1.29, 1.82) is 0 Å². The molecule has 1 atom stereocenters. The molecule has 2 amide bonds. The Morgan fingerprint density at radius 3 is 2.51 bits per heavy atom. The van der Waals surface area contributed by atoms with Gasteiger partial charge in [-0.05, 0) is 61.2 Å². The number of hydrogen-bond acceptors (Lipinski definition) is 6. The number of amides is 2. The molecule has 0 saturated carbocycles. The standard InChI is InChI=1S/C29H33N3O6S/c1-3-16-31-39(35,36)23-13-14-25(21(2)18-23)37-20-28(33)32-19-27(38-26-12-8-7-11-24(26)32)29(34)30-17-15-22-9-5-4-6-10-22/h4-14,18,27,31H,3,15-17,19-20H2,1-2H3,(H,30,34). The Morgan fingerprint density at radius 2 is 1.77 bits per heavy atom. The first-order chi connectivity index (χ1) is 18.8. The van der Waals surface area contributed by atoms with Crippen molar-refractivity contribution in [1.82, 2.24) is 10.0 Å². The van der Waals surface area contributed by atoms with Crippen LogP contribution in [-0.4, -0.2) is 52.6 Å². The highest BCUT2D eigenvalue weighted by molar-refractivity contribution is 7.89. The summed E-state index contributed by atoms with van der Waals surface area (Å²) in [6.07, 6.45) is 0.490. The van der Waals surface area contributed by atoms with Crippen molar-refractivity contribution in [3.8, 4) is 11.5 Å². The number of sulfonamides is 1. The molecule has 1 unspecified atom stereocenters. The molecule has 206 valence electrons. The van der Waals surface area contributed by atoms with Crippen LogP contribution in [0.4, 0.5) is 5.69 Å². The number of nitrogens with zero attached hydrogens (tertiary/aromatic N) is 1. The minimum Gasteiger partial charge on any atom is -0.483 e. The molecule has 0 spiro atoms. The summed E-state index contributed by atoms with van der Waals surface area (Å²) in [5.74, 6) is 0.178. The van der Waals surface area contributed by atoms with Gasteiger partial charge in [0.1, 0.15) is 11.5 Å². The number of carbonyl (C=O) groups excluding carboxylic acids is 2. The Bertz CT molecular complexity index is 1410. The average molecular weight is 552 g/mol. The van der Waals surface area contributed by atoms with E-state index in [2.05, 4.69) is 10.0 Å². The van der Waals surface area contributed by atoms with Crippen LogP contribution in [0.2, 0.25) is 0 Å². The largest absolute Gasteiger partial charge is 0.483 e. The molecule has 0 saturated heterocycles. The molecule has 1 aliphatic heterocycles. The number of nitrogens with one attached hydrogen (secondary N) is 2. The molecule has 3 aromatic rings. The summed E-state index contributed by atoms with van der Waals surface area (Å²) < 4.78 is 39.1. The fourth-order valence-corrected chi connectivity index (χ4v) is 5.40. The van der Waals surface area contributed by atoms with Crippen LogP contribution < -0.4 is 24.4 Å². The summed E-state index contributed by atoms with van der Waals surface area (Å²) in [7, 11) is -3.61. The van der Waals surface area contributed by atoms with E-state index >= 15 is 0 Å². The number of ether oxygens (including phenoxy) is 2. The minimum absolute atomic E-state index is 0.0373. The number of fused-ring (bicyclic) bond motifs is 1. The number of para-hydroxylation sites is 2. The molecule has 0 bridgehead atoms. The van der Waals surface area contributed by atoms with Crippen molar-refractivity contribution in [2.45, 2.75) is 37.7 Å². The van der Waals surface area contributed by atoms with Crippen LogP contribution in [0, 0.1) is 6.92 Å². The van der Waals surface area contributed by atoms with Gasteiger partial charge >= 0.3 is 0 Å². The SMILES string of the molecule is CCCNS(=O)(=O)c1ccc(OCC(=O)N2CC(C(=O)NCCc3ccccc3)Oc3ccccc32)c(C)c1. The fourth-order valence-electron chi connectivity index (χ4n) is 4.18. The second-order valence-corrected chi connectivity index (χ2v) is 11.0. The highest BCUT2D eigenvalue weighted by Crippen LogP contribution is 2.33. The topological polar surface area (TPSA) is 114 Å². The second-order valence-electron chi connectivity index (χ2n) is 9.22. The normalized spacial score (nSPS) is 14.7. The summed E-state index contributed by atoms with van der Waals surface area (Å²) in [4.78, 5) is 27.8. The molecule has 2 N–H and O–H groups in total. The van der Waals surface area contributed by atoms with Crippen molar-refractivity contribution in [3.63, 3.8) is 0 Å². The molecular weight excluding hydrogens is 518 g/mol. The van der Waals surface area contributed by atoms with Crippen LogP contribution in [0.1, 0.15) is 24.5 Å². The first kappa shape index (κ1) is 28.1. The van der Waals surface area contributed by atoms with Crippen LogP contribution in [0.5, 0.6) is 11.5 Å². The predicted octanol–water partition coefficient (Wildman–Crippen LogP) is 3.22. The maximum Gasteiger partial charge on any atom is 0.265 e. The molecule has 0 aliphatic carbocycles. The molecule has 0 radical (unpaired) electrons. The third-order valence-electron chi connectivity index (χ3n) is 6.27. The van der Waals surface area contributed by atoms with Gasteiger partial charge in [0.2, 0.25) is 10.0 Å². The first-order valence-electron chi connectivity index (χ1n) is 12.9. The number of rotatable bonds is 11. The lowest BCUT2D eigenvalue weighted by molar-refractivity contribution is -0.128. The van der Waals surface area contributed by atoms with Gasteiger partial charge in [0.25, 0.3) is 11.8 Å². The zero-order chi connectivity index (χ0) is 27.8. The van der Waals surface area contributed by atoms with Gasteiger partial charge in [0, 0.05) is 13.1 Å². The van der Waals surface area contributed by atoms with Crippen molar-refractivity contribution >= 4 is 27.5 Å². The number of anilines is 1. The van der Waals surface area contributed by atoms with Gasteiger partial charge in [-0.3, -0.25) is 9.59 Å². The van der Waals surface area contributed by atoms with E-state index in [1.165, 1.54) is 17.0 Å². The summed E-state index contributed by atoms with van der Waals surface area (Å²) in [6.45, 7) is 4.14. The van der Waals surface area contributed by atoms with E-state index in [1.807, 2.05) is 37.3 Å². The summed E-state index contributed by atoms with van der Waals surface area (Å²) in [6, 6.07) is 21.4. The number of aryl methyl sites for hydroxylation is 1. The van der Waals surface area contributed by atoms with Crippen molar-refractivity contribution in [2.75, 3.05) is 31.1 Å². The van der Waals surface area contributed by atoms with E-state index in [9.17, 15) is 18.0 Å². The van der Waals surface area contributed by atoms with Crippen LogP contribution >= 0.6 is 0 Å². The molecule has 39 heavy (non-hydrogen) atoms. The van der Waals surface area contributed by atoms with E-state index in [4.69, 9.17) is 9.47 Å². The molecule has 0 fully saturated rings. The number of benzene rings is 3. The maximum absolute atomic E-state index is 13.3. The molecular formula is C29H33N3O6S. The van der Waals surface area contributed by atoms with E-state index in [-0.39, 0.29) is 29.9 Å². The van der Waals surface area contributed by atoms with E-state index < -0.39 is 16.1 Å².